The molecule has 5 aromatic rings. The summed E-state index contributed by atoms with van der Waals surface area (Å²) in [5.41, 5.74) is 2.73. The third-order valence-corrected chi connectivity index (χ3v) is 8.85. The van der Waals surface area contributed by atoms with Gasteiger partial charge >= 0.3 is 0 Å². The summed E-state index contributed by atoms with van der Waals surface area (Å²) in [5.74, 6) is 0.550. The minimum Gasteiger partial charge on any atom is -0.335 e. The van der Waals surface area contributed by atoms with Gasteiger partial charge in [-0.3, -0.25) is 19.2 Å². The fraction of sp³-hybridized carbons (Fsp3) is 0.194. The quantitative estimate of drug-likeness (QED) is 0.202. The third-order valence-electron chi connectivity index (χ3n) is 6.88. The first-order valence-corrected chi connectivity index (χ1v) is 15.4. The van der Waals surface area contributed by atoms with Gasteiger partial charge in [-0.2, -0.15) is 0 Å². The lowest BCUT2D eigenvalue weighted by Gasteiger charge is -2.33. The van der Waals surface area contributed by atoms with Gasteiger partial charge < -0.3 is 4.90 Å². The molecule has 0 radical (unpaired) electrons. The number of para-hydroxylation sites is 1. The van der Waals surface area contributed by atoms with Crippen LogP contribution in [-0.2, 0) is 5.75 Å². The van der Waals surface area contributed by atoms with E-state index >= 15 is 0 Å². The molecule has 2 aromatic carbocycles. The predicted octanol–water partition coefficient (Wildman–Crippen LogP) is 5.69. The monoisotopic (exact) mass is 597 g/mol. The lowest BCUT2D eigenvalue weighted by molar-refractivity contribution is 0.0645. The fourth-order valence-electron chi connectivity index (χ4n) is 4.69. The van der Waals surface area contributed by atoms with Crippen molar-refractivity contribution in [1.82, 2.24) is 34.5 Å². The fourth-order valence-corrected chi connectivity index (χ4v) is 6.43. The number of carbonyl (C=O) groups is 1. The maximum Gasteiger partial charge on any atom is 0.273 e. The van der Waals surface area contributed by atoms with Gasteiger partial charge in [0.1, 0.15) is 16.5 Å². The van der Waals surface area contributed by atoms with Crippen LogP contribution in [0.2, 0.25) is 0 Å². The maximum absolute atomic E-state index is 14.9. The van der Waals surface area contributed by atoms with Crippen LogP contribution >= 0.6 is 23.1 Å². The highest BCUT2D eigenvalue weighted by atomic mass is 32.2. The van der Waals surface area contributed by atoms with Crippen LogP contribution in [0, 0.1) is 5.82 Å². The molecule has 0 aliphatic carbocycles. The molecule has 1 aliphatic heterocycles. The molecule has 0 N–H and O–H groups in total. The highest BCUT2D eigenvalue weighted by Gasteiger charge is 2.24. The van der Waals surface area contributed by atoms with Gasteiger partial charge in [-0.05, 0) is 29.8 Å². The van der Waals surface area contributed by atoms with E-state index in [0.29, 0.717) is 41.2 Å². The van der Waals surface area contributed by atoms with Gasteiger partial charge in [-0.1, -0.05) is 66.4 Å². The Morgan fingerprint density at radius 3 is 2.57 bits per heavy atom. The average molecular weight is 598 g/mol. The number of amides is 1. The van der Waals surface area contributed by atoms with Gasteiger partial charge in [-0.15, -0.1) is 21.5 Å². The molecule has 3 aromatic heterocycles. The Labute approximate surface area is 251 Å². The summed E-state index contributed by atoms with van der Waals surface area (Å²) in [6, 6.07) is 20.5. The Bertz CT molecular complexity index is 1670. The Balaban J connectivity index is 1.08. The number of benzene rings is 2. The molecule has 42 heavy (non-hydrogen) atoms. The minimum absolute atomic E-state index is 0.0460. The summed E-state index contributed by atoms with van der Waals surface area (Å²) in [6.07, 6.45) is 7.65. The number of aromatic nitrogens is 5. The second kappa shape index (κ2) is 13.2. The first-order chi connectivity index (χ1) is 20.7. The number of carbonyl (C=O) groups excluding carboxylic acids is 1. The zero-order valence-electron chi connectivity index (χ0n) is 22.7. The first kappa shape index (κ1) is 28.0. The van der Waals surface area contributed by atoms with Crippen molar-refractivity contribution < 1.29 is 9.18 Å². The first-order valence-electron chi connectivity index (χ1n) is 13.6. The molecule has 0 spiro atoms. The van der Waals surface area contributed by atoms with Gasteiger partial charge in [0.05, 0.1) is 11.4 Å². The number of thioether (sulfide) groups is 1. The molecule has 1 saturated heterocycles. The maximum atomic E-state index is 14.9. The van der Waals surface area contributed by atoms with Gasteiger partial charge in [0.2, 0.25) is 0 Å². The van der Waals surface area contributed by atoms with E-state index in [1.165, 1.54) is 34.7 Å². The summed E-state index contributed by atoms with van der Waals surface area (Å²) >= 11 is 2.84. The molecule has 1 amide bonds. The van der Waals surface area contributed by atoms with Gasteiger partial charge in [0.15, 0.2) is 11.0 Å². The standard InChI is InChI=1S/C31H28FN7OS2/c32-25-12-4-5-13-27(25)39-29(24-11-6-14-33-20-24)35-36-31(39)42-22-28-34-26(21-41-28)30(40)38-18-16-37(17-19-38)15-7-10-23-8-2-1-3-9-23/h1-14,20-21H,15-19,22H2/b10-7+. The van der Waals surface area contributed by atoms with Gasteiger partial charge in [-0.25, -0.2) is 9.37 Å². The van der Waals surface area contributed by atoms with E-state index in [4.69, 9.17) is 0 Å². The number of nitrogens with zero attached hydrogens (tertiary/aromatic N) is 7. The van der Waals surface area contributed by atoms with E-state index in [9.17, 15) is 9.18 Å². The van der Waals surface area contributed by atoms with Crippen molar-refractivity contribution in [2.24, 2.45) is 0 Å². The number of thiazole rings is 1. The number of hydrogen-bond acceptors (Lipinski definition) is 8. The number of rotatable bonds is 9. The van der Waals surface area contributed by atoms with E-state index in [1.807, 2.05) is 34.5 Å². The summed E-state index contributed by atoms with van der Waals surface area (Å²) in [4.78, 5) is 26.2. The summed E-state index contributed by atoms with van der Waals surface area (Å²) in [5, 5.41) is 11.8. The van der Waals surface area contributed by atoms with Crippen LogP contribution in [0.5, 0.6) is 0 Å². The Morgan fingerprint density at radius 2 is 1.79 bits per heavy atom. The Hall–Kier alpha value is -4.19. The molecule has 1 fully saturated rings. The van der Waals surface area contributed by atoms with Crippen LogP contribution in [0.1, 0.15) is 21.1 Å². The van der Waals surface area contributed by atoms with Crippen molar-refractivity contribution in [2.75, 3.05) is 32.7 Å². The molecule has 1 aliphatic rings. The average Bonchev–Trinajstić information content (AvgIpc) is 3.69. The van der Waals surface area contributed by atoms with E-state index in [0.717, 1.165) is 30.2 Å². The van der Waals surface area contributed by atoms with Crippen molar-refractivity contribution in [3.8, 4) is 17.1 Å². The topological polar surface area (TPSA) is 80.0 Å². The number of pyridine rings is 1. The smallest absolute Gasteiger partial charge is 0.273 e. The molecule has 6 rings (SSSR count). The van der Waals surface area contributed by atoms with Crippen molar-refractivity contribution in [1.29, 1.82) is 0 Å². The van der Waals surface area contributed by atoms with Crippen LogP contribution in [0.3, 0.4) is 0 Å². The van der Waals surface area contributed by atoms with E-state index in [2.05, 4.69) is 49.4 Å². The summed E-state index contributed by atoms with van der Waals surface area (Å²) in [7, 11) is 0. The number of hydrogen-bond donors (Lipinski definition) is 0. The van der Waals surface area contributed by atoms with Crippen LogP contribution < -0.4 is 0 Å². The van der Waals surface area contributed by atoms with Crippen LogP contribution in [-0.4, -0.2) is 73.2 Å². The molecule has 0 unspecified atom stereocenters. The SMILES string of the molecule is O=C(c1csc(CSc2nnc(-c3cccnc3)n2-c2ccccc2F)n1)N1CCN(C/C=C/c2ccccc2)CC1. The minimum atomic E-state index is -0.376. The highest BCUT2D eigenvalue weighted by Crippen LogP contribution is 2.31. The Kier molecular flexibility index (Phi) is 8.78. The van der Waals surface area contributed by atoms with Crippen molar-refractivity contribution in [2.45, 2.75) is 10.9 Å². The van der Waals surface area contributed by atoms with E-state index in [-0.39, 0.29) is 11.7 Å². The number of piperazine rings is 1. The van der Waals surface area contributed by atoms with Crippen molar-refractivity contribution in [3.63, 3.8) is 0 Å². The van der Waals surface area contributed by atoms with Crippen molar-refractivity contribution >= 4 is 35.1 Å². The predicted molar refractivity (Wildman–Crippen MR) is 164 cm³/mol. The second-order valence-corrected chi connectivity index (χ2v) is 11.5. The molecule has 4 heterocycles. The van der Waals surface area contributed by atoms with Crippen molar-refractivity contribution in [3.05, 3.63) is 113 Å². The highest BCUT2D eigenvalue weighted by molar-refractivity contribution is 7.98. The zero-order valence-corrected chi connectivity index (χ0v) is 24.3. The molecule has 8 nitrogen and oxygen atoms in total. The largest absolute Gasteiger partial charge is 0.335 e. The van der Waals surface area contributed by atoms with Gasteiger partial charge in [0.25, 0.3) is 5.91 Å². The molecule has 0 bridgehead atoms. The normalized spacial score (nSPS) is 14.1. The number of halogens is 1. The lowest BCUT2D eigenvalue weighted by atomic mass is 10.2. The van der Waals surface area contributed by atoms with Gasteiger partial charge in [0, 0.05) is 56.1 Å². The molecular formula is C31H28FN7OS2. The second-order valence-electron chi connectivity index (χ2n) is 9.66. The van der Waals surface area contributed by atoms with E-state index < -0.39 is 0 Å². The van der Waals surface area contributed by atoms with Crippen LogP contribution in [0.15, 0.2) is 95.7 Å². The van der Waals surface area contributed by atoms with Crippen LogP contribution in [0.25, 0.3) is 23.2 Å². The molecule has 0 atom stereocenters. The lowest BCUT2D eigenvalue weighted by Crippen LogP contribution is -2.48. The van der Waals surface area contributed by atoms with E-state index in [1.54, 1.807) is 41.2 Å². The summed E-state index contributed by atoms with van der Waals surface area (Å²) in [6.45, 7) is 3.84. The molecular weight excluding hydrogens is 570 g/mol. The molecule has 0 saturated carbocycles. The Morgan fingerprint density at radius 1 is 0.976 bits per heavy atom. The summed E-state index contributed by atoms with van der Waals surface area (Å²) < 4.78 is 16.6. The van der Waals surface area contributed by atoms with Crippen LogP contribution in [0.4, 0.5) is 4.39 Å². The molecule has 11 heteroatoms. The third kappa shape index (κ3) is 6.48. The zero-order chi connectivity index (χ0) is 28.7. The molecule has 212 valence electrons.